The Kier molecular flexibility index (Phi) is 4.27. The number of amides is 1. The highest BCUT2D eigenvalue weighted by atomic mass is 32.1. The van der Waals surface area contributed by atoms with E-state index in [1.807, 2.05) is 31.2 Å². The van der Waals surface area contributed by atoms with Crippen LogP contribution < -0.4 is 5.32 Å². The highest BCUT2D eigenvalue weighted by Crippen LogP contribution is 2.24. The van der Waals surface area contributed by atoms with Crippen LogP contribution in [0, 0.1) is 12.8 Å². The molecule has 1 N–H and O–H groups in total. The van der Waals surface area contributed by atoms with Gasteiger partial charge < -0.3 is 5.32 Å². The molecule has 0 radical (unpaired) electrons. The molecule has 0 saturated heterocycles. The Morgan fingerprint density at radius 3 is 2.63 bits per heavy atom. The number of benzene rings is 1. The van der Waals surface area contributed by atoms with Gasteiger partial charge in [0.15, 0.2) is 0 Å². The molecule has 2 aromatic rings. The average molecular weight is 275 g/mol. The molecule has 1 aromatic heterocycles. The topological polar surface area (TPSA) is 54.9 Å². The van der Waals surface area contributed by atoms with Gasteiger partial charge >= 0.3 is 0 Å². The Balaban J connectivity index is 2.22. The Labute approximate surface area is 117 Å². The maximum absolute atomic E-state index is 12.1. The van der Waals surface area contributed by atoms with Gasteiger partial charge in [-0.05, 0) is 24.4 Å². The van der Waals surface area contributed by atoms with Crippen molar-refractivity contribution in [1.29, 1.82) is 0 Å². The number of carbonyl (C=O) groups is 1. The third-order valence-electron chi connectivity index (χ3n) is 2.69. The van der Waals surface area contributed by atoms with Gasteiger partial charge in [-0.1, -0.05) is 48.2 Å². The van der Waals surface area contributed by atoms with Gasteiger partial charge in [-0.25, -0.2) is 0 Å². The molecule has 5 heteroatoms. The van der Waals surface area contributed by atoms with E-state index in [2.05, 4.69) is 28.8 Å². The monoisotopic (exact) mass is 275 g/mol. The van der Waals surface area contributed by atoms with Crippen LogP contribution in [0.1, 0.15) is 29.1 Å². The van der Waals surface area contributed by atoms with E-state index in [1.165, 1.54) is 5.56 Å². The van der Waals surface area contributed by atoms with E-state index in [-0.39, 0.29) is 5.91 Å². The first-order valence-corrected chi connectivity index (χ1v) is 7.03. The van der Waals surface area contributed by atoms with Gasteiger partial charge in [0.25, 0.3) is 5.91 Å². The SMILES string of the molecule is Cc1ccc(-c2nnsc2C(=O)NCC(C)C)cc1. The molecule has 19 heavy (non-hydrogen) atoms. The van der Waals surface area contributed by atoms with E-state index in [9.17, 15) is 4.79 Å². The molecule has 0 atom stereocenters. The molecular formula is C14H17N3OS. The highest BCUT2D eigenvalue weighted by Gasteiger charge is 2.17. The van der Waals surface area contributed by atoms with Crippen LogP contribution in [0.5, 0.6) is 0 Å². The second-order valence-corrected chi connectivity index (χ2v) is 5.67. The van der Waals surface area contributed by atoms with Gasteiger partial charge in [-0.2, -0.15) is 0 Å². The van der Waals surface area contributed by atoms with Gasteiger partial charge in [0, 0.05) is 12.1 Å². The Morgan fingerprint density at radius 2 is 2.00 bits per heavy atom. The summed E-state index contributed by atoms with van der Waals surface area (Å²) in [6.07, 6.45) is 0. The van der Waals surface area contributed by atoms with Crippen LogP contribution in [0.3, 0.4) is 0 Å². The standard InChI is InChI=1S/C14H17N3OS/c1-9(2)8-15-14(18)13-12(16-17-19-13)11-6-4-10(3)5-7-11/h4-7,9H,8H2,1-3H3,(H,15,18). The molecule has 100 valence electrons. The number of hydrogen-bond acceptors (Lipinski definition) is 4. The lowest BCUT2D eigenvalue weighted by molar-refractivity contribution is 0.0953. The van der Waals surface area contributed by atoms with Crippen molar-refractivity contribution in [1.82, 2.24) is 14.9 Å². The van der Waals surface area contributed by atoms with Crippen molar-refractivity contribution in [3.8, 4) is 11.3 Å². The molecule has 0 bridgehead atoms. The number of hydrogen-bond donors (Lipinski definition) is 1. The van der Waals surface area contributed by atoms with Crippen LogP contribution >= 0.6 is 11.5 Å². The minimum atomic E-state index is -0.0979. The van der Waals surface area contributed by atoms with Gasteiger partial charge in [0.05, 0.1) is 0 Å². The summed E-state index contributed by atoms with van der Waals surface area (Å²) in [6.45, 7) is 6.81. The molecule has 4 nitrogen and oxygen atoms in total. The third kappa shape index (κ3) is 3.38. The largest absolute Gasteiger partial charge is 0.351 e. The predicted molar refractivity (Wildman–Crippen MR) is 77.3 cm³/mol. The second-order valence-electron chi connectivity index (χ2n) is 4.92. The van der Waals surface area contributed by atoms with Crippen LogP contribution in [-0.2, 0) is 0 Å². The fraction of sp³-hybridized carbons (Fsp3) is 0.357. The zero-order valence-electron chi connectivity index (χ0n) is 11.3. The molecule has 0 aliphatic rings. The lowest BCUT2D eigenvalue weighted by Gasteiger charge is -2.07. The molecule has 0 saturated carbocycles. The van der Waals surface area contributed by atoms with Crippen molar-refractivity contribution < 1.29 is 4.79 Å². The molecule has 0 spiro atoms. The summed E-state index contributed by atoms with van der Waals surface area (Å²) < 4.78 is 3.90. The molecule has 1 amide bonds. The first-order valence-electron chi connectivity index (χ1n) is 6.25. The van der Waals surface area contributed by atoms with Crippen LogP contribution in [0.2, 0.25) is 0 Å². The average Bonchev–Trinajstić information content (AvgIpc) is 2.86. The van der Waals surface area contributed by atoms with Crippen molar-refractivity contribution >= 4 is 17.4 Å². The van der Waals surface area contributed by atoms with E-state index in [0.717, 1.165) is 17.1 Å². The van der Waals surface area contributed by atoms with E-state index < -0.39 is 0 Å². The smallest absolute Gasteiger partial charge is 0.265 e. The van der Waals surface area contributed by atoms with Crippen LogP contribution in [0.4, 0.5) is 0 Å². The molecule has 0 fully saturated rings. The summed E-state index contributed by atoms with van der Waals surface area (Å²) in [5.41, 5.74) is 2.76. The summed E-state index contributed by atoms with van der Waals surface area (Å²) in [7, 11) is 0. The summed E-state index contributed by atoms with van der Waals surface area (Å²) in [5, 5.41) is 6.97. The zero-order valence-corrected chi connectivity index (χ0v) is 12.1. The van der Waals surface area contributed by atoms with Crippen molar-refractivity contribution in [2.75, 3.05) is 6.54 Å². The Morgan fingerprint density at radius 1 is 1.32 bits per heavy atom. The fourth-order valence-corrected chi connectivity index (χ4v) is 2.22. The molecule has 2 rings (SSSR count). The second kappa shape index (κ2) is 5.93. The van der Waals surface area contributed by atoms with E-state index >= 15 is 0 Å². The quantitative estimate of drug-likeness (QED) is 0.933. The lowest BCUT2D eigenvalue weighted by atomic mass is 10.1. The normalized spacial score (nSPS) is 10.7. The van der Waals surface area contributed by atoms with Crippen molar-refractivity contribution in [2.45, 2.75) is 20.8 Å². The predicted octanol–water partition coefficient (Wildman–Crippen LogP) is 2.90. The first kappa shape index (κ1) is 13.7. The minimum Gasteiger partial charge on any atom is -0.351 e. The van der Waals surface area contributed by atoms with Crippen LogP contribution in [0.25, 0.3) is 11.3 Å². The molecule has 0 unspecified atom stereocenters. The maximum Gasteiger partial charge on any atom is 0.265 e. The Bertz CT molecular complexity index is 560. The number of aryl methyl sites for hydroxylation is 1. The van der Waals surface area contributed by atoms with Crippen molar-refractivity contribution in [3.63, 3.8) is 0 Å². The molecular weight excluding hydrogens is 258 g/mol. The van der Waals surface area contributed by atoms with Gasteiger partial charge in [0.1, 0.15) is 10.6 Å². The number of rotatable bonds is 4. The van der Waals surface area contributed by atoms with Crippen LogP contribution in [-0.4, -0.2) is 22.0 Å². The number of carbonyl (C=O) groups excluding carboxylic acids is 1. The number of nitrogens with zero attached hydrogens (tertiary/aromatic N) is 2. The summed E-state index contributed by atoms with van der Waals surface area (Å²) in [4.78, 5) is 12.7. The van der Waals surface area contributed by atoms with E-state index in [4.69, 9.17) is 0 Å². The zero-order chi connectivity index (χ0) is 13.8. The maximum atomic E-state index is 12.1. The third-order valence-corrected chi connectivity index (χ3v) is 3.41. The summed E-state index contributed by atoms with van der Waals surface area (Å²) in [5.74, 6) is 0.326. The number of nitrogens with one attached hydrogen (secondary N) is 1. The van der Waals surface area contributed by atoms with E-state index in [1.54, 1.807) is 0 Å². The lowest BCUT2D eigenvalue weighted by Crippen LogP contribution is -2.27. The first-order chi connectivity index (χ1) is 9.08. The Hall–Kier alpha value is -1.75. The summed E-state index contributed by atoms with van der Waals surface area (Å²) >= 11 is 1.14. The van der Waals surface area contributed by atoms with Gasteiger partial charge in [-0.15, -0.1) is 5.10 Å². The van der Waals surface area contributed by atoms with Crippen LogP contribution in [0.15, 0.2) is 24.3 Å². The number of aromatic nitrogens is 2. The molecule has 1 aromatic carbocycles. The summed E-state index contributed by atoms with van der Waals surface area (Å²) in [6, 6.07) is 7.94. The van der Waals surface area contributed by atoms with Gasteiger partial charge in [-0.3, -0.25) is 4.79 Å². The highest BCUT2D eigenvalue weighted by molar-refractivity contribution is 7.08. The van der Waals surface area contributed by atoms with Crippen molar-refractivity contribution in [2.24, 2.45) is 5.92 Å². The van der Waals surface area contributed by atoms with E-state index in [0.29, 0.717) is 23.0 Å². The fourth-order valence-electron chi connectivity index (χ4n) is 1.62. The molecule has 1 heterocycles. The molecule has 0 aliphatic heterocycles. The van der Waals surface area contributed by atoms with Gasteiger partial charge in [0.2, 0.25) is 0 Å². The van der Waals surface area contributed by atoms with Crippen molar-refractivity contribution in [3.05, 3.63) is 34.7 Å². The molecule has 0 aliphatic carbocycles. The minimum absolute atomic E-state index is 0.0979.